The second-order valence-electron chi connectivity index (χ2n) is 6.67. The number of benzene rings is 2. The minimum Gasteiger partial charge on any atom is -0.467 e. The zero-order valence-corrected chi connectivity index (χ0v) is 14.5. The van der Waals surface area contributed by atoms with Gasteiger partial charge < -0.3 is 10.1 Å². The molecule has 0 aromatic heterocycles. The zero-order valence-electron chi connectivity index (χ0n) is 14.5. The average Bonchev–Trinajstić information content (AvgIpc) is 2.59. The van der Waals surface area contributed by atoms with Crippen LogP contribution in [-0.2, 0) is 14.9 Å². The van der Waals surface area contributed by atoms with Crippen LogP contribution in [0.4, 0.5) is 0 Å². The van der Waals surface area contributed by atoms with Crippen molar-refractivity contribution in [1.29, 1.82) is 0 Å². The Morgan fingerprint density at radius 1 is 0.958 bits per heavy atom. The van der Waals surface area contributed by atoms with E-state index in [0.717, 1.165) is 5.56 Å². The predicted octanol–water partition coefficient (Wildman–Crippen LogP) is 3.63. The van der Waals surface area contributed by atoms with Gasteiger partial charge in [-0.1, -0.05) is 63.2 Å². The van der Waals surface area contributed by atoms with Gasteiger partial charge >= 0.3 is 5.97 Å². The summed E-state index contributed by atoms with van der Waals surface area (Å²) in [6, 6.07) is 15.6. The van der Waals surface area contributed by atoms with E-state index in [1.54, 1.807) is 24.3 Å². The number of nitrogens with one attached hydrogen (secondary N) is 1. The molecule has 126 valence electrons. The SMILES string of the molecule is COC(=O)C(NC(=O)c1ccc(C(C)(C)C)cc1)c1ccccc1. The van der Waals surface area contributed by atoms with Crippen molar-refractivity contribution < 1.29 is 14.3 Å². The molecule has 0 spiro atoms. The normalized spacial score (nSPS) is 12.3. The fourth-order valence-electron chi connectivity index (χ4n) is 2.38. The third-order valence-electron chi connectivity index (χ3n) is 3.86. The van der Waals surface area contributed by atoms with Gasteiger partial charge in [-0.2, -0.15) is 0 Å². The maximum absolute atomic E-state index is 12.5. The highest BCUT2D eigenvalue weighted by Gasteiger charge is 2.24. The van der Waals surface area contributed by atoms with Gasteiger partial charge in [0.25, 0.3) is 5.91 Å². The molecule has 0 aliphatic carbocycles. The molecule has 24 heavy (non-hydrogen) atoms. The Bertz CT molecular complexity index is 700. The molecule has 0 aliphatic heterocycles. The molecule has 0 fully saturated rings. The van der Waals surface area contributed by atoms with Crippen LogP contribution in [0.5, 0.6) is 0 Å². The monoisotopic (exact) mass is 325 g/mol. The minimum absolute atomic E-state index is 0.0214. The van der Waals surface area contributed by atoms with Crippen molar-refractivity contribution in [2.75, 3.05) is 7.11 Å². The number of ether oxygens (including phenoxy) is 1. The predicted molar refractivity (Wildman–Crippen MR) is 93.8 cm³/mol. The first-order valence-electron chi connectivity index (χ1n) is 7.87. The fraction of sp³-hybridized carbons (Fsp3) is 0.300. The van der Waals surface area contributed by atoms with Crippen molar-refractivity contribution in [1.82, 2.24) is 5.32 Å². The van der Waals surface area contributed by atoms with Gasteiger partial charge in [0.2, 0.25) is 0 Å². The molecular weight excluding hydrogens is 302 g/mol. The Morgan fingerprint density at radius 3 is 2.04 bits per heavy atom. The number of hydrogen-bond donors (Lipinski definition) is 1. The summed E-state index contributed by atoms with van der Waals surface area (Å²) < 4.78 is 4.81. The summed E-state index contributed by atoms with van der Waals surface area (Å²) in [4.78, 5) is 24.5. The molecule has 0 radical (unpaired) electrons. The number of carbonyl (C=O) groups is 2. The molecule has 4 nitrogen and oxygen atoms in total. The van der Waals surface area contributed by atoms with Crippen LogP contribution in [-0.4, -0.2) is 19.0 Å². The fourth-order valence-corrected chi connectivity index (χ4v) is 2.38. The van der Waals surface area contributed by atoms with E-state index in [9.17, 15) is 9.59 Å². The molecule has 1 amide bonds. The Kier molecular flexibility index (Phi) is 5.39. The maximum Gasteiger partial charge on any atom is 0.333 e. The third kappa shape index (κ3) is 4.22. The second-order valence-corrected chi connectivity index (χ2v) is 6.67. The maximum atomic E-state index is 12.5. The van der Waals surface area contributed by atoms with Crippen molar-refractivity contribution in [2.45, 2.75) is 32.2 Å². The molecule has 2 aromatic carbocycles. The topological polar surface area (TPSA) is 55.4 Å². The number of methoxy groups -OCH3 is 1. The molecule has 1 unspecified atom stereocenters. The van der Waals surface area contributed by atoms with E-state index in [4.69, 9.17) is 4.74 Å². The molecule has 0 heterocycles. The zero-order chi connectivity index (χ0) is 17.7. The number of amides is 1. The van der Waals surface area contributed by atoms with Crippen molar-refractivity contribution in [2.24, 2.45) is 0 Å². The molecule has 0 bridgehead atoms. The molecule has 4 heteroatoms. The lowest BCUT2D eigenvalue weighted by Gasteiger charge is -2.20. The van der Waals surface area contributed by atoms with Crippen LogP contribution in [0.2, 0.25) is 0 Å². The molecule has 1 atom stereocenters. The minimum atomic E-state index is -0.828. The van der Waals surface area contributed by atoms with Gasteiger partial charge in [0, 0.05) is 5.56 Å². The smallest absolute Gasteiger partial charge is 0.333 e. The van der Waals surface area contributed by atoms with E-state index in [2.05, 4.69) is 26.1 Å². The van der Waals surface area contributed by atoms with Gasteiger partial charge in [-0.05, 0) is 28.7 Å². The summed E-state index contributed by atoms with van der Waals surface area (Å²) in [5, 5.41) is 2.75. The van der Waals surface area contributed by atoms with Crippen LogP contribution in [0.1, 0.15) is 48.3 Å². The number of carbonyl (C=O) groups excluding carboxylic acids is 2. The first-order chi connectivity index (χ1) is 11.3. The number of esters is 1. The Balaban J connectivity index is 2.20. The Morgan fingerprint density at radius 2 is 1.54 bits per heavy atom. The highest BCUT2D eigenvalue weighted by Crippen LogP contribution is 2.22. The molecule has 2 aromatic rings. The summed E-state index contributed by atoms with van der Waals surface area (Å²) in [5.41, 5.74) is 2.36. The van der Waals surface area contributed by atoms with Crippen molar-refractivity contribution in [3.63, 3.8) is 0 Å². The molecule has 0 aliphatic rings. The van der Waals surface area contributed by atoms with Crippen LogP contribution < -0.4 is 5.32 Å². The number of hydrogen-bond acceptors (Lipinski definition) is 3. The van der Waals surface area contributed by atoms with Crippen LogP contribution in [0.15, 0.2) is 54.6 Å². The van der Waals surface area contributed by atoms with Crippen LogP contribution in [0, 0.1) is 0 Å². The molecule has 1 N–H and O–H groups in total. The van der Waals surface area contributed by atoms with E-state index < -0.39 is 12.0 Å². The van der Waals surface area contributed by atoms with E-state index in [1.165, 1.54) is 7.11 Å². The second kappa shape index (κ2) is 7.30. The van der Waals surface area contributed by atoms with Crippen LogP contribution >= 0.6 is 0 Å². The van der Waals surface area contributed by atoms with Crippen LogP contribution in [0.3, 0.4) is 0 Å². The van der Waals surface area contributed by atoms with Crippen molar-refractivity contribution >= 4 is 11.9 Å². The van der Waals surface area contributed by atoms with E-state index in [1.807, 2.05) is 30.3 Å². The lowest BCUT2D eigenvalue weighted by atomic mass is 9.86. The summed E-state index contributed by atoms with van der Waals surface area (Å²) in [5.74, 6) is -0.810. The molecule has 0 saturated carbocycles. The standard InChI is InChI=1S/C20H23NO3/c1-20(2,3)16-12-10-15(11-13-16)18(22)21-17(19(23)24-4)14-8-6-5-7-9-14/h5-13,17H,1-4H3,(H,21,22). The summed E-state index contributed by atoms with van der Waals surface area (Å²) in [6.45, 7) is 6.35. The number of rotatable bonds is 4. The average molecular weight is 325 g/mol. The summed E-state index contributed by atoms with van der Waals surface area (Å²) in [6.07, 6.45) is 0. The first-order valence-corrected chi connectivity index (χ1v) is 7.87. The highest BCUT2D eigenvalue weighted by atomic mass is 16.5. The molecule has 0 saturated heterocycles. The third-order valence-corrected chi connectivity index (χ3v) is 3.86. The van der Waals surface area contributed by atoms with Gasteiger partial charge in [-0.25, -0.2) is 4.79 Å². The van der Waals surface area contributed by atoms with Gasteiger partial charge in [0.15, 0.2) is 6.04 Å². The lowest BCUT2D eigenvalue weighted by molar-refractivity contribution is -0.143. The van der Waals surface area contributed by atoms with Gasteiger partial charge in [0.05, 0.1) is 7.11 Å². The Labute approximate surface area is 142 Å². The molecule has 2 rings (SSSR count). The Hall–Kier alpha value is -2.62. The molecular formula is C20H23NO3. The highest BCUT2D eigenvalue weighted by molar-refractivity contribution is 5.97. The van der Waals surface area contributed by atoms with Crippen LogP contribution in [0.25, 0.3) is 0 Å². The summed E-state index contributed by atoms with van der Waals surface area (Å²) >= 11 is 0. The largest absolute Gasteiger partial charge is 0.467 e. The first kappa shape index (κ1) is 17.7. The van der Waals surface area contributed by atoms with Crippen molar-refractivity contribution in [3.8, 4) is 0 Å². The van der Waals surface area contributed by atoms with E-state index >= 15 is 0 Å². The van der Waals surface area contributed by atoms with Gasteiger partial charge in [0.1, 0.15) is 0 Å². The van der Waals surface area contributed by atoms with Gasteiger partial charge in [-0.3, -0.25) is 4.79 Å². The summed E-state index contributed by atoms with van der Waals surface area (Å²) in [7, 11) is 1.31. The van der Waals surface area contributed by atoms with Crippen molar-refractivity contribution in [3.05, 3.63) is 71.3 Å². The van der Waals surface area contributed by atoms with E-state index in [-0.39, 0.29) is 11.3 Å². The lowest BCUT2D eigenvalue weighted by Crippen LogP contribution is -2.34. The quantitative estimate of drug-likeness (QED) is 0.873. The van der Waals surface area contributed by atoms with Gasteiger partial charge in [-0.15, -0.1) is 0 Å². The van der Waals surface area contributed by atoms with E-state index in [0.29, 0.717) is 11.1 Å².